The van der Waals surface area contributed by atoms with Gasteiger partial charge in [0.05, 0.1) is 12.2 Å². The first-order chi connectivity index (χ1) is 18.2. The van der Waals surface area contributed by atoms with Gasteiger partial charge in [-0.15, -0.1) is 0 Å². The second kappa shape index (κ2) is 25.4. The number of hydrogen-bond acceptors (Lipinski definition) is 4. The lowest BCUT2D eigenvalue weighted by Crippen LogP contribution is -2.34. The zero-order valence-corrected chi connectivity index (χ0v) is 28.5. The highest BCUT2D eigenvalue weighted by Gasteiger charge is 2.31. The Kier molecular flexibility index (Phi) is 28.1. The van der Waals surface area contributed by atoms with Gasteiger partial charge in [0.2, 0.25) is 0 Å². The van der Waals surface area contributed by atoms with Gasteiger partial charge in [0.15, 0.2) is 0 Å². The molecule has 0 amide bonds. The lowest BCUT2D eigenvalue weighted by Gasteiger charge is -2.31. The number of nitrogens with one attached hydrogen (secondary N) is 2. The third-order valence-electron chi connectivity index (χ3n) is 8.13. The first-order valence-electron chi connectivity index (χ1n) is 16.3. The minimum atomic E-state index is -0.980. The van der Waals surface area contributed by atoms with Crippen molar-refractivity contribution in [2.75, 3.05) is 7.05 Å². The molecule has 4 N–H and O–H groups in total. The Morgan fingerprint density at radius 2 is 1.05 bits per heavy atom. The average molecular weight is 567 g/mol. The van der Waals surface area contributed by atoms with Gasteiger partial charge >= 0.3 is 0 Å². The predicted molar refractivity (Wildman–Crippen MR) is 169 cm³/mol. The Balaban J connectivity index is -0.000000427. The molecule has 9 unspecified atom stereocenters. The molecule has 0 heterocycles. The van der Waals surface area contributed by atoms with Crippen molar-refractivity contribution in [3.63, 3.8) is 0 Å². The summed E-state index contributed by atoms with van der Waals surface area (Å²) in [5.74, 6) is 2.90. The fraction of sp³-hybridized carbons (Fsp3) is 1.00. The summed E-state index contributed by atoms with van der Waals surface area (Å²) in [4.78, 5) is 0. The Hall–Kier alpha value is -0.300. The van der Waals surface area contributed by atoms with Gasteiger partial charge in [0.1, 0.15) is 12.3 Å². The monoisotopic (exact) mass is 567 g/mol. The van der Waals surface area contributed by atoms with Crippen molar-refractivity contribution >= 4 is 0 Å². The molecule has 3 fully saturated rings. The van der Waals surface area contributed by atoms with E-state index in [0.29, 0.717) is 55.5 Å². The summed E-state index contributed by atoms with van der Waals surface area (Å²) in [6.45, 7) is 27.5. The molecule has 6 heteroatoms. The van der Waals surface area contributed by atoms with E-state index in [4.69, 9.17) is 10.2 Å². The summed E-state index contributed by atoms with van der Waals surface area (Å²) in [5, 5.41) is 24.7. The molecule has 3 rings (SSSR count). The van der Waals surface area contributed by atoms with E-state index in [-0.39, 0.29) is 0 Å². The first-order valence-corrected chi connectivity index (χ1v) is 16.3. The maximum Gasteiger partial charge on any atom is 0.126 e. The van der Waals surface area contributed by atoms with Crippen molar-refractivity contribution in [1.82, 2.24) is 10.6 Å². The number of alkyl halides is 2. The van der Waals surface area contributed by atoms with Gasteiger partial charge in [-0.1, -0.05) is 76.2 Å². The van der Waals surface area contributed by atoms with Gasteiger partial charge in [-0.2, -0.15) is 0 Å². The van der Waals surface area contributed by atoms with Crippen molar-refractivity contribution in [2.24, 2.45) is 29.6 Å². The fourth-order valence-corrected chi connectivity index (χ4v) is 3.95. The summed E-state index contributed by atoms with van der Waals surface area (Å²) in [6.07, 6.45) is 2.79. The van der Waals surface area contributed by atoms with Crippen LogP contribution in [0.3, 0.4) is 0 Å². The number of aliphatic hydroxyl groups is 2. The van der Waals surface area contributed by atoms with E-state index in [1.54, 1.807) is 0 Å². The molecule has 0 aromatic rings. The van der Waals surface area contributed by atoms with E-state index >= 15 is 0 Å². The predicted octanol–water partition coefficient (Wildman–Crippen LogP) is 8.34. The molecule has 3 aliphatic carbocycles. The number of aliphatic hydroxyl groups excluding tert-OH is 2. The van der Waals surface area contributed by atoms with Gasteiger partial charge in [0, 0.05) is 18.1 Å². The average Bonchev–Trinajstić information content (AvgIpc) is 3.72. The number of rotatable bonds is 5. The molecular weight excluding hydrogens is 494 g/mol. The van der Waals surface area contributed by atoms with Crippen molar-refractivity contribution in [3.05, 3.63) is 0 Å². The van der Waals surface area contributed by atoms with Crippen LogP contribution in [0, 0.1) is 29.6 Å². The van der Waals surface area contributed by atoms with Crippen LogP contribution in [0.5, 0.6) is 0 Å². The van der Waals surface area contributed by atoms with Gasteiger partial charge in [-0.25, -0.2) is 8.78 Å². The Bertz CT molecular complexity index is 492. The maximum atomic E-state index is 12.8. The van der Waals surface area contributed by atoms with E-state index in [9.17, 15) is 8.78 Å². The Labute approximate surface area is 243 Å². The van der Waals surface area contributed by atoms with Crippen LogP contribution < -0.4 is 10.6 Å². The van der Waals surface area contributed by atoms with Crippen LogP contribution in [0.15, 0.2) is 0 Å². The number of halogens is 2. The smallest absolute Gasteiger partial charge is 0.126 e. The molecule has 0 aromatic heterocycles. The number of hydrogen-bond donors (Lipinski definition) is 4. The van der Waals surface area contributed by atoms with Crippen LogP contribution in [0.2, 0.25) is 0 Å². The van der Waals surface area contributed by atoms with Crippen LogP contribution in [0.4, 0.5) is 8.78 Å². The van der Waals surface area contributed by atoms with Crippen LogP contribution in [-0.4, -0.2) is 59.9 Å². The highest BCUT2D eigenvalue weighted by molar-refractivity contribution is 4.84. The topological polar surface area (TPSA) is 64.5 Å². The second-order valence-corrected chi connectivity index (χ2v) is 12.3. The molecule has 3 aliphatic rings. The molecule has 0 bridgehead atoms. The molecule has 0 spiro atoms. The van der Waals surface area contributed by atoms with Crippen LogP contribution in [0.1, 0.15) is 135 Å². The summed E-state index contributed by atoms with van der Waals surface area (Å²) in [5.41, 5.74) is 0. The van der Waals surface area contributed by atoms with Crippen LogP contribution in [0.25, 0.3) is 0 Å². The molecule has 9 atom stereocenters. The normalized spacial score (nSPS) is 31.2. The second-order valence-electron chi connectivity index (χ2n) is 12.3. The highest BCUT2D eigenvalue weighted by Crippen LogP contribution is 2.31. The van der Waals surface area contributed by atoms with Crippen molar-refractivity contribution in [2.45, 2.75) is 178 Å². The minimum Gasteiger partial charge on any atom is -0.390 e. The molecule has 0 radical (unpaired) electrons. The van der Waals surface area contributed by atoms with Crippen molar-refractivity contribution < 1.29 is 19.0 Å². The molecular formula is C33H72F2N2O2. The zero-order valence-electron chi connectivity index (χ0n) is 28.5. The quantitative estimate of drug-likeness (QED) is 0.270. The van der Waals surface area contributed by atoms with E-state index in [2.05, 4.69) is 59.1 Å². The molecule has 0 saturated heterocycles. The lowest BCUT2D eigenvalue weighted by atomic mass is 9.79. The van der Waals surface area contributed by atoms with Gasteiger partial charge in [0.25, 0.3) is 0 Å². The molecule has 4 nitrogen and oxygen atoms in total. The third-order valence-corrected chi connectivity index (χ3v) is 8.13. The SMILES string of the molecule is CC.CC.CC(C)C(C)NC1CC1.CC1CC(O)C(F)CC1C.CC1CCC(O)C(F)C1.CNC(C)C(C)C. The fourth-order valence-electron chi connectivity index (χ4n) is 3.95. The van der Waals surface area contributed by atoms with Gasteiger partial charge in [-0.3, -0.25) is 0 Å². The zero-order chi connectivity index (χ0) is 31.3. The largest absolute Gasteiger partial charge is 0.390 e. The van der Waals surface area contributed by atoms with E-state index in [1.165, 1.54) is 12.8 Å². The Morgan fingerprint density at radius 1 is 0.615 bits per heavy atom. The first kappa shape index (κ1) is 43.2. The molecule has 0 aliphatic heterocycles. The molecule has 3 saturated carbocycles. The summed E-state index contributed by atoms with van der Waals surface area (Å²) < 4.78 is 25.3. The maximum absolute atomic E-state index is 12.8. The van der Waals surface area contributed by atoms with Crippen molar-refractivity contribution in [3.8, 4) is 0 Å². The van der Waals surface area contributed by atoms with Crippen molar-refractivity contribution in [1.29, 1.82) is 0 Å². The summed E-state index contributed by atoms with van der Waals surface area (Å²) in [7, 11) is 1.99. The molecule has 39 heavy (non-hydrogen) atoms. The van der Waals surface area contributed by atoms with Crippen LogP contribution in [-0.2, 0) is 0 Å². The summed E-state index contributed by atoms with van der Waals surface area (Å²) >= 11 is 0. The van der Waals surface area contributed by atoms with E-state index in [1.807, 2.05) is 48.6 Å². The standard InChI is InChI=1S/C8H15FO.C8H17N.C7H13FO.C6H15N.2C2H6/c1-5-3-7(9)8(10)4-6(5)2;1-6(2)7(3)9-8-4-5-8;1-5-2-3-7(9)6(8)4-5;1-5(2)6(3)7-4;2*1-2/h5-8,10H,3-4H2,1-2H3;6-9H,4-5H2,1-3H3;5-7,9H,2-4H2,1H3;5-7H,1-4H3;2*1-2H3. The van der Waals surface area contributed by atoms with E-state index < -0.39 is 24.6 Å². The summed E-state index contributed by atoms with van der Waals surface area (Å²) in [6, 6.07) is 2.22. The molecule has 240 valence electrons. The van der Waals surface area contributed by atoms with Crippen LogP contribution >= 0.6 is 0 Å². The van der Waals surface area contributed by atoms with E-state index in [0.717, 1.165) is 24.3 Å². The van der Waals surface area contributed by atoms with Gasteiger partial charge in [-0.05, 0) is 95.4 Å². The minimum absolute atomic E-state index is 0.429. The Morgan fingerprint density at radius 3 is 1.36 bits per heavy atom. The lowest BCUT2D eigenvalue weighted by molar-refractivity contribution is 0.00437. The molecule has 0 aromatic carbocycles. The highest BCUT2D eigenvalue weighted by atomic mass is 19.1. The third kappa shape index (κ3) is 23.0. The van der Waals surface area contributed by atoms with Gasteiger partial charge < -0.3 is 20.8 Å².